The van der Waals surface area contributed by atoms with Gasteiger partial charge in [-0.2, -0.15) is 4.31 Å². The van der Waals surface area contributed by atoms with Crippen molar-refractivity contribution in [3.63, 3.8) is 0 Å². The molecule has 1 heterocycles. The average molecular weight is 378 g/mol. The Hall–Kier alpha value is -2.43. The molecule has 0 bridgehead atoms. The normalized spacial score (nSPS) is 14.3. The Morgan fingerprint density at radius 3 is 2.11 bits per heavy atom. The van der Waals surface area contributed by atoms with Crippen LogP contribution >= 0.6 is 0 Å². The second kappa shape index (κ2) is 6.63. The van der Waals surface area contributed by atoms with E-state index in [-0.39, 0.29) is 0 Å². The number of nitrogens with zero attached hydrogens (tertiary/aromatic N) is 1. The van der Waals surface area contributed by atoms with E-state index in [2.05, 4.69) is 32.0 Å². The summed E-state index contributed by atoms with van der Waals surface area (Å²) in [6.45, 7) is 7.00. The second-order valence-corrected chi connectivity index (χ2v) is 9.21. The molecular formula is C23H23NO2S. The van der Waals surface area contributed by atoms with Gasteiger partial charge in [0, 0.05) is 13.1 Å². The maximum absolute atomic E-state index is 13.1. The van der Waals surface area contributed by atoms with Gasteiger partial charge in [0.2, 0.25) is 10.0 Å². The van der Waals surface area contributed by atoms with Crippen LogP contribution in [-0.4, -0.2) is 12.7 Å². The summed E-state index contributed by atoms with van der Waals surface area (Å²) in [4.78, 5) is 0.361. The van der Waals surface area contributed by atoms with Crippen LogP contribution in [0.25, 0.3) is 11.1 Å². The third kappa shape index (κ3) is 3.09. The van der Waals surface area contributed by atoms with E-state index in [9.17, 15) is 8.42 Å². The van der Waals surface area contributed by atoms with Gasteiger partial charge in [-0.05, 0) is 66.3 Å². The minimum atomic E-state index is -3.50. The molecule has 1 aliphatic heterocycles. The van der Waals surface area contributed by atoms with Crippen LogP contribution in [-0.2, 0) is 23.1 Å². The van der Waals surface area contributed by atoms with Gasteiger partial charge in [0.1, 0.15) is 0 Å². The van der Waals surface area contributed by atoms with Crippen molar-refractivity contribution in [2.24, 2.45) is 0 Å². The van der Waals surface area contributed by atoms with E-state index >= 15 is 0 Å². The summed E-state index contributed by atoms with van der Waals surface area (Å²) in [5, 5.41) is 0. The lowest BCUT2D eigenvalue weighted by Crippen LogP contribution is -2.25. The van der Waals surface area contributed by atoms with E-state index in [4.69, 9.17) is 0 Å². The minimum Gasteiger partial charge on any atom is -0.207 e. The maximum atomic E-state index is 13.1. The summed E-state index contributed by atoms with van der Waals surface area (Å²) < 4.78 is 27.8. The van der Waals surface area contributed by atoms with Crippen molar-refractivity contribution in [2.45, 2.75) is 38.8 Å². The van der Waals surface area contributed by atoms with Crippen molar-refractivity contribution >= 4 is 10.0 Å². The van der Waals surface area contributed by atoms with Gasteiger partial charge < -0.3 is 0 Å². The van der Waals surface area contributed by atoms with Crippen LogP contribution in [0.3, 0.4) is 0 Å². The number of hydrogen-bond donors (Lipinski definition) is 0. The van der Waals surface area contributed by atoms with E-state index in [0.717, 1.165) is 22.3 Å². The molecule has 0 fully saturated rings. The van der Waals surface area contributed by atoms with Gasteiger partial charge in [-0.25, -0.2) is 8.42 Å². The Morgan fingerprint density at radius 2 is 1.44 bits per heavy atom. The van der Waals surface area contributed by atoms with E-state index in [1.807, 2.05) is 37.3 Å². The Labute approximate surface area is 161 Å². The largest absolute Gasteiger partial charge is 0.243 e. The Balaban J connectivity index is 1.74. The number of benzene rings is 3. The van der Waals surface area contributed by atoms with Crippen molar-refractivity contribution in [3.8, 4) is 11.1 Å². The molecule has 1 aliphatic rings. The van der Waals surface area contributed by atoms with Crippen molar-refractivity contribution in [3.05, 3.63) is 88.5 Å². The quantitative estimate of drug-likeness (QED) is 0.645. The molecule has 0 unspecified atom stereocenters. The molecule has 3 aromatic carbocycles. The smallest absolute Gasteiger partial charge is 0.207 e. The lowest BCUT2D eigenvalue weighted by molar-refractivity contribution is 0.431. The van der Waals surface area contributed by atoms with Gasteiger partial charge in [0.05, 0.1) is 4.90 Å². The Kier molecular flexibility index (Phi) is 4.41. The molecule has 0 spiro atoms. The lowest BCUT2D eigenvalue weighted by Gasteiger charge is -2.16. The first-order valence-corrected chi connectivity index (χ1v) is 10.6. The molecular weight excluding hydrogens is 354 g/mol. The molecule has 3 nitrogen and oxygen atoms in total. The molecule has 0 amide bonds. The van der Waals surface area contributed by atoms with Crippen molar-refractivity contribution in [2.75, 3.05) is 0 Å². The highest BCUT2D eigenvalue weighted by molar-refractivity contribution is 7.89. The molecule has 4 rings (SSSR count). The van der Waals surface area contributed by atoms with E-state index in [1.54, 1.807) is 16.4 Å². The van der Waals surface area contributed by atoms with Gasteiger partial charge in [-0.3, -0.25) is 0 Å². The number of fused-ring (bicyclic) bond motifs is 1. The van der Waals surface area contributed by atoms with Gasteiger partial charge >= 0.3 is 0 Å². The molecule has 0 N–H and O–H groups in total. The second-order valence-electron chi connectivity index (χ2n) is 7.28. The monoisotopic (exact) mass is 377 g/mol. The third-order valence-corrected chi connectivity index (χ3v) is 7.28. The molecule has 138 valence electrons. The van der Waals surface area contributed by atoms with E-state index in [1.165, 1.54) is 16.7 Å². The highest BCUT2D eigenvalue weighted by Crippen LogP contribution is 2.37. The van der Waals surface area contributed by atoms with Crippen molar-refractivity contribution < 1.29 is 8.42 Å². The molecule has 3 aromatic rings. The van der Waals surface area contributed by atoms with E-state index in [0.29, 0.717) is 18.0 Å². The number of sulfonamides is 1. The summed E-state index contributed by atoms with van der Waals surface area (Å²) in [5.74, 6) is 0. The molecule has 0 saturated heterocycles. The van der Waals surface area contributed by atoms with Crippen LogP contribution in [0.1, 0.15) is 27.8 Å². The van der Waals surface area contributed by atoms with Crippen LogP contribution in [0.4, 0.5) is 0 Å². The number of rotatable bonds is 3. The van der Waals surface area contributed by atoms with Crippen LogP contribution < -0.4 is 0 Å². The molecule has 4 heteroatoms. The summed E-state index contributed by atoms with van der Waals surface area (Å²) in [6, 6.07) is 19.6. The minimum absolute atomic E-state index is 0.361. The summed E-state index contributed by atoms with van der Waals surface area (Å²) in [5.41, 5.74) is 8.01. The van der Waals surface area contributed by atoms with Gasteiger partial charge in [-0.1, -0.05) is 54.1 Å². The van der Waals surface area contributed by atoms with Crippen LogP contribution in [0.15, 0.2) is 65.6 Å². The van der Waals surface area contributed by atoms with Gasteiger partial charge in [-0.15, -0.1) is 0 Å². The molecule has 0 aliphatic carbocycles. The number of hydrogen-bond acceptors (Lipinski definition) is 2. The predicted octanol–water partition coefficient (Wildman–Crippen LogP) is 4.98. The fourth-order valence-corrected chi connectivity index (χ4v) is 5.20. The Morgan fingerprint density at radius 1 is 0.815 bits per heavy atom. The number of aryl methyl sites for hydroxylation is 2. The van der Waals surface area contributed by atoms with Crippen LogP contribution in [0.5, 0.6) is 0 Å². The summed E-state index contributed by atoms with van der Waals surface area (Å²) in [7, 11) is -3.50. The van der Waals surface area contributed by atoms with E-state index < -0.39 is 10.0 Å². The zero-order valence-electron chi connectivity index (χ0n) is 15.9. The molecule has 0 atom stereocenters. The van der Waals surface area contributed by atoms with Crippen LogP contribution in [0.2, 0.25) is 0 Å². The predicted molar refractivity (Wildman–Crippen MR) is 109 cm³/mol. The first-order valence-electron chi connectivity index (χ1n) is 9.12. The molecule has 0 radical (unpaired) electrons. The SMILES string of the molecule is Cc1ccc(S(=O)(=O)N2Cc3c(C)cc(-c4ccccc4)c(C)c3C2)cc1. The topological polar surface area (TPSA) is 37.4 Å². The molecule has 27 heavy (non-hydrogen) atoms. The fourth-order valence-electron chi connectivity index (χ4n) is 3.83. The Bertz CT molecular complexity index is 1100. The van der Waals surface area contributed by atoms with Gasteiger partial charge in [0.15, 0.2) is 0 Å². The third-order valence-electron chi connectivity index (χ3n) is 5.47. The van der Waals surface area contributed by atoms with Gasteiger partial charge in [0.25, 0.3) is 0 Å². The highest BCUT2D eigenvalue weighted by Gasteiger charge is 2.33. The zero-order chi connectivity index (χ0) is 19.2. The van der Waals surface area contributed by atoms with Crippen molar-refractivity contribution in [1.29, 1.82) is 0 Å². The average Bonchev–Trinajstić information content (AvgIpc) is 3.13. The fraction of sp³-hybridized carbons (Fsp3) is 0.217. The zero-order valence-corrected chi connectivity index (χ0v) is 16.7. The highest BCUT2D eigenvalue weighted by atomic mass is 32.2. The first-order chi connectivity index (χ1) is 12.9. The van der Waals surface area contributed by atoms with Crippen LogP contribution in [0, 0.1) is 20.8 Å². The lowest BCUT2D eigenvalue weighted by atomic mass is 9.91. The standard InChI is InChI=1S/C23H23NO2S/c1-16-9-11-20(12-10-16)27(25,26)24-14-22-17(2)13-21(18(3)23(22)15-24)19-7-5-4-6-8-19/h4-13H,14-15H2,1-3H3. The summed E-state index contributed by atoms with van der Waals surface area (Å²) >= 11 is 0. The first kappa shape index (κ1) is 18.0. The maximum Gasteiger partial charge on any atom is 0.243 e. The summed E-state index contributed by atoms with van der Waals surface area (Å²) in [6.07, 6.45) is 0. The molecule has 0 aromatic heterocycles. The molecule has 0 saturated carbocycles. The van der Waals surface area contributed by atoms with Crippen molar-refractivity contribution in [1.82, 2.24) is 4.31 Å².